The molecule has 1 rings (SSSR count). The minimum atomic E-state index is -0.426. The predicted octanol–water partition coefficient (Wildman–Crippen LogP) is 2.44. The molecule has 16 heavy (non-hydrogen) atoms. The monoisotopic (exact) mass is 290 g/mol. The third kappa shape index (κ3) is 2.95. The van der Waals surface area contributed by atoms with E-state index in [9.17, 15) is 9.18 Å². The summed E-state index contributed by atoms with van der Waals surface area (Å²) in [6.07, 6.45) is -0.00255. The first-order chi connectivity index (χ1) is 7.62. The number of carbonyl (C=O) groups excluding carboxylic acids is 1. The van der Waals surface area contributed by atoms with Crippen molar-refractivity contribution in [2.24, 2.45) is 0 Å². The molecule has 0 spiro atoms. The van der Waals surface area contributed by atoms with E-state index in [1.54, 1.807) is 0 Å². The average molecular weight is 291 g/mol. The molecule has 88 valence electrons. The van der Waals surface area contributed by atoms with E-state index in [2.05, 4.69) is 20.7 Å². The minimum Gasteiger partial charge on any atom is -0.496 e. The van der Waals surface area contributed by atoms with Gasteiger partial charge < -0.3 is 9.47 Å². The van der Waals surface area contributed by atoms with Crippen molar-refractivity contribution < 1.29 is 18.7 Å². The molecule has 3 nitrogen and oxygen atoms in total. The maximum Gasteiger partial charge on any atom is 0.310 e. The van der Waals surface area contributed by atoms with Crippen LogP contribution in [0.1, 0.15) is 11.1 Å². The first-order valence-corrected chi connectivity index (χ1v) is 5.72. The number of ether oxygens (including phenoxy) is 2. The van der Waals surface area contributed by atoms with Crippen molar-refractivity contribution in [1.29, 1.82) is 0 Å². The van der Waals surface area contributed by atoms with Gasteiger partial charge in [-0.25, -0.2) is 4.39 Å². The number of esters is 1. The van der Waals surface area contributed by atoms with Gasteiger partial charge in [-0.05, 0) is 12.1 Å². The molecule has 0 N–H and O–H groups in total. The summed E-state index contributed by atoms with van der Waals surface area (Å²) in [4.78, 5) is 11.1. The second-order valence-corrected chi connectivity index (χ2v) is 3.70. The molecule has 0 aromatic heterocycles. The highest BCUT2D eigenvalue weighted by Gasteiger charge is 2.14. The lowest BCUT2D eigenvalue weighted by molar-refractivity contribution is -0.139. The Morgan fingerprint density at radius 1 is 1.38 bits per heavy atom. The standard InChI is InChI=1S/C11H12BrFO3/c1-15-10(14)5-7-3-9(13)4-8(6-12)11(7)16-2/h3-4H,5-6H2,1-2H3. The molecular formula is C11H12BrFO3. The highest BCUT2D eigenvalue weighted by Crippen LogP contribution is 2.27. The highest BCUT2D eigenvalue weighted by atomic mass is 79.9. The molecule has 0 unspecified atom stereocenters. The van der Waals surface area contributed by atoms with Gasteiger partial charge in [-0.15, -0.1) is 0 Å². The second-order valence-electron chi connectivity index (χ2n) is 3.14. The Hall–Kier alpha value is -1.10. The molecule has 0 amide bonds. The zero-order chi connectivity index (χ0) is 12.1. The van der Waals surface area contributed by atoms with Gasteiger partial charge in [-0.1, -0.05) is 15.9 Å². The van der Waals surface area contributed by atoms with Gasteiger partial charge in [0.2, 0.25) is 0 Å². The van der Waals surface area contributed by atoms with Crippen molar-refractivity contribution in [1.82, 2.24) is 0 Å². The van der Waals surface area contributed by atoms with Crippen molar-refractivity contribution in [2.75, 3.05) is 14.2 Å². The van der Waals surface area contributed by atoms with E-state index in [1.165, 1.54) is 26.4 Å². The van der Waals surface area contributed by atoms with E-state index in [1.807, 2.05) is 0 Å². The SMILES string of the molecule is COC(=O)Cc1cc(F)cc(CBr)c1OC. The van der Waals surface area contributed by atoms with Gasteiger partial charge in [0.25, 0.3) is 0 Å². The van der Waals surface area contributed by atoms with E-state index in [0.29, 0.717) is 22.2 Å². The maximum atomic E-state index is 13.3. The summed E-state index contributed by atoms with van der Waals surface area (Å²) >= 11 is 3.24. The molecule has 0 saturated carbocycles. The number of hydrogen-bond donors (Lipinski definition) is 0. The molecular weight excluding hydrogens is 279 g/mol. The largest absolute Gasteiger partial charge is 0.496 e. The molecule has 0 aliphatic rings. The van der Waals surface area contributed by atoms with Crippen LogP contribution < -0.4 is 4.74 Å². The Labute approximate surface area is 102 Å². The van der Waals surface area contributed by atoms with Gasteiger partial charge in [-0.3, -0.25) is 4.79 Å². The maximum absolute atomic E-state index is 13.3. The zero-order valence-electron chi connectivity index (χ0n) is 9.05. The number of alkyl halides is 1. The van der Waals surface area contributed by atoms with Crippen molar-refractivity contribution in [3.63, 3.8) is 0 Å². The quantitative estimate of drug-likeness (QED) is 0.631. The lowest BCUT2D eigenvalue weighted by Gasteiger charge is -2.11. The second kappa shape index (κ2) is 5.84. The third-order valence-corrected chi connectivity index (χ3v) is 2.72. The summed E-state index contributed by atoms with van der Waals surface area (Å²) in [5, 5.41) is 0.460. The fourth-order valence-electron chi connectivity index (χ4n) is 1.43. The first kappa shape index (κ1) is 13.0. The number of benzene rings is 1. The molecule has 0 bridgehead atoms. The van der Waals surface area contributed by atoms with E-state index in [0.717, 1.165) is 0 Å². The van der Waals surface area contributed by atoms with Crippen LogP contribution >= 0.6 is 15.9 Å². The molecule has 0 heterocycles. The lowest BCUT2D eigenvalue weighted by atomic mass is 10.1. The third-order valence-electron chi connectivity index (χ3n) is 2.12. The number of carbonyl (C=O) groups is 1. The molecule has 5 heteroatoms. The number of hydrogen-bond acceptors (Lipinski definition) is 3. The Kier molecular flexibility index (Phi) is 4.73. The summed E-state index contributed by atoms with van der Waals surface area (Å²) in [5.41, 5.74) is 1.16. The number of halogens is 2. The van der Waals surface area contributed by atoms with Crippen LogP contribution in [0.5, 0.6) is 5.75 Å². The Bertz CT molecular complexity index is 393. The molecule has 0 aliphatic heterocycles. The lowest BCUT2D eigenvalue weighted by Crippen LogP contribution is -2.07. The summed E-state index contributed by atoms with van der Waals surface area (Å²) < 4.78 is 23.0. The smallest absolute Gasteiger partial charge is 0.310 e. The van der Waals surface area contributed by atoms with E-state index >= 15 is 0 Å². The van der Waals surface area contributed by atoms with Crippen molar-refractivity contribution in [2.45, 2.75) is 11.8 Å². The van der Waals surface area contributed by atoms with Gasteiger partial charge in [0, 0.05) is 16.5 Å². The zero-order valence-corrected chi connectivity index (χ0v) is 10.6. The van der Waals surface area contributed by atoms with Crippen LogP contribution in [0.25, 0.3) is 0 Å². The van der Waals surface area contributed by atoms with Crippen LogP contribution in [0.15, 0.2) is 12.1 Å². The molecule has 0 atom stereocenters. The van der Waals surface area contributed by atoms with E-state index < -0.39 is 11.8 Å². The topological polar surface area (TPSA) is 35.5 Å². The molecule has 1 aromatic carbocycles. The van der Waals surface area contributed by atoms with Crippen molar-refractivity contribution in [3.05, 3.63) is 29.1 Å². The van der Waals surface area contributed by atoms with Gasteiger partial charge >= 0.3 is 5.97 Å². The van der Waals surface area contributed by atoms with Crippen molar-refractivity contribution in [3.8, 4) is 5.75 Å². The van der Waals surface area contributed by atoms with E-state index in [-0.39, 0.29) is 6.42 Å². The van der Waals surface area contributed by atoms with Gasteiger partial charge in [0.1, 0.15) is 11.6 Å². The number of rotatable bonds is 4. The van der Waals surface area contributed by atoms with Crippen molar-refractivity contribution >= 4 is 21.9 Å². The van der Waals surface area contributed by atoms with Crippen LogP contribution in [-0.4, -0.2) is 20.2 Å². The van der Waals surface area contributed by atoms with Gasteiger partial charge in [0.05, 0.1) is 20.6 Å². The van der Waals surface area contributed by atoms with Gasteiger partial charge in [0.15, 0.2) is 0 Å². The molecule has 1 aromatic rings. The molecule has 0 radical (unpaired) electrons. The summed E-state index contributed by atoms with van der Waals surface area (Å²) in [5.74, 6) is -0.303. The first-order valence-electron chi connectivity index (χ1n) is 4.60. The molecule has 0 saturated heterocycles. The fourth-order valence-corrected chi connectivity index (χ4v) is 1.85. The number of methoxy groups -OCH3 is 2. The normalized spacial score (nSPS) is 10.0. The molecule has 0 aliphatic carbocycles. The Morgan fingerprint density at radius 2 is 2.00 bits per heavy atom. The highest BCUT2D eigenvalue weighted by molar-refractivity contribution is 9.08. The van der Waals surface area contributed by atoms with Crippen LogP contribution in [-0.2, 0) is 21.3 Å². The Morgan fingerprint density at radius 3 is 2.50 bits per heavy atom. The Balaban J connectivity index is 3.14. The predicted molar refractivity (Wildman–Crippen MR) is 61.3 cm³/mol. The molecule has 0 fully saturated rings. The fraction of sp³-hybridized carbons (Fsp3) is 0.364. The minimum absolute atomic E-state index is 0.00255. The summed E-state index contributed by atoms with van der Waals surface area (Å²) in [6, 6.07) is 2.65. The summed E-state index contributed by atoms with van der Waals surface area (Å²) in [6.45, 7) is 0. The van der Waals surface area contributed by atoms with Gasteiger partial charge in [-0.2, -0.15) is 0 Å². The van der Waals surface area contributed by atoms with E-state index in [4.69, 9.17) is 4.74 Å². The average Bonchev–Trinajstić information content (AvgIpc) is 2.28. The summed E-state index contributed by atoms with van der Waals surface area (Å²) in [7, 11) is 2.78. The van der Waals surface area contributed by atoms with Crippen LogP contribution in [0.4, 0.5) is 4.39 Å². The van der Waals surface area contributed by atoms with Crippen LogP contribution in [0, 0.1) is 5.82 Å². The van der Waals surface area contributed by atoms with Crippen LogP contribution in [0.2, 0.25) is 0 Å². The van der Waals surface area contributed by atoms with Crippen LogP contribution in [0.3, 0.4) is 0 Å².